The third-order valence-corrected chi connectivity index (χ3v) is 4.74. The Balaban J connectivity index is 0.000000572. The fraction of sp³-hybridized carbons (Fsp3) is 0.185. The average Bonchev–Trinajstić information content (AvgIpc) is 3.50. The van der Waals surface area contributed by atoms with Crippen LogP contribution in [0.15, 0.2) is 90.2 Å². The van der Waals surface area contributed by atoms with Crippen molar-refractivity contribution in [1.29, 1.82) is 2.86 Å². The summed E-state index contributed by atoms with van der Waals surface area (Å²) in [4.78, 5) is 30.9. The predicted molar refractivity (Wildman–Crippen MR) is 148 cm³/mol. The summed E-state index contributed by atoms with van der Waals surface area (Å²) < 4.78 is 69.9. The Morgan fingerprint density at radius 2 is 1.16 bits per heavy atom. The second kappa shape index (κ2) is 16.3. The van der Waals surface area contributed by atoms with E-state index in [1.54, 1.807) is 12.4 Å². The first-order chi connectivity index (χ1) is 20.4. The number of pyridine rings is 4. The fourth-order valence-electron chi connectivity index (χ4n) is 3.11. The van der Waals surface area contributed by atoms with Crippen LogP contribution in [0.3, 0.4) is 0 Å². The molecule has 0 unspecified atom stereocenters. The van der Waals surface area contributed by atoms with E-state index in [0.29, 0.717) is 13.0 Å². The van der Waals surface area contributed by atoms with Crippen molar-refractivity contribution < 1.29 is 60.0 Å². The number of rotatable bonds is 3. The molecule has 4 aromatic heterocycles. The molecule has 8 nitrogen and oxygen atoms in total. The molecule has 0 saturated carbocycles. The molecule has 0 spiro atoms. The van der Waals surface area contributed by atoms with Gasteiger partial charge in [0, 0.05) is 30.3 Å². The predicted octanol–water partition coefficient (Wildman–Crippen LogP) is 6.43. The van der Waals surface area contributed by atoms with E-state index >= 15 is 0 Å². The minimum atomic E-state index is -10.7. The minimum absolute atomic E-state index is 0. The van der Waals surface area contributed by atoms with Gasteiger partial charge in [0.1, 0.15) is 0 Å². The molecule has 0 atom stereocenters. The number of aromatic nitrogens is 4. The van der Waals surface area contributed by atoms with Gasteiger partial charge in [-0.05, 0) is 75.2 Å². The number of nitrogens with zero attached hydrogens (tertiary/aromatic N) is 5. The van der Waals surface area contributed by atoms with Gasteiger partial charge in [-0.2, -0.15) is 0 Å². The molecular weight excluding hydrogens is 688 g/mol. The fourth-order valence-corrected chi connectivity index (χ4v) is 3.11. The van der Waals surface area contributed by atoms with Gasteiger partial charge in [-0.3, -0.25) is 24.9 Å². The van der Waals surface area contributed by atoms with Gasteiger partial charge in [0.05, 0.1) is 34.5 Å². The molecule has 0 aromatic carbocycles. The first-order valence-electron chi connectivity index (χ1n) is 12.8. The Kier molecular flexibility index (Phi) is 13.4. The molecule has 5 heterocycles. The van der Waals surface area contributed by atoms with Crippen molar-refractivity contribution in [3.8, 4) is 22.8 Å². The molecule has 0 bridgehead atoms. The summed E-state index contributed by atoms with van der Waals surface area (Å²) in [6.07, 6.45) is 4.99. The molecule has 5 rings (SSSR count). The van der Waals surface area contributed by atoms with Crippen LogP contribution in [0, 0.1) is 13.8 Å². The Bertz CT molecular complexity index is 1400. The maximum atomic E-state index is 9.96. The topological polar surface area (TPSA) is 136 Å². The number of carbonyl (C=O) groups excluding carboxylic acids is 1. The molecule has 16 heteroatoms. The standard InChI is InChI=1S/C12H12N2.C10H8N2.C5H7NO2.F6P.H2O.Ru/c1-9-5-3-7-11(13-9)12-8-4-6-10(2)14-12;1-3-7-11-9(5-1)10-6-2-4-8-12-10;7-5(8)4-2-1-3-6-4;1-7(2,3,4,5)6;;/h3-8H,1-2H3;1-8H;1-3H2,(H,7,8);;1H2;/q;;;-1;;+2/p-1/i/hD2. The molecule has 0 radical (unpaired) electrons. The summed E-state index contributed by atoms with van der Waals surface area (Å²) in [5.74, 6) is -1.11. The van der Waals surface area contributed by atoms with E-state index in [1.807, 2.05) is 86.6 Å². The van der Waals surface area contributed by atoms with Gasteiger partial charge in [-0.1, -0.05) is 24.3 Å². The van der Waals surface area contributed by atoms with Gasteiger partial charge in [-0.15, -0.1) is 0 Å². The summed E-state index contributed by atoms with van der Waals surface area (Å²) in [7, 11) is -10.7. The van der Waals surface area contributed by atoms with Crippen molar-refractivity contribution in [2.45, 2.75) is 26.7 Å². The molecule has 0 saturated heterocycles. The third-order valence-electron chi connectivity index (χ3n) is 4.74. The van der Waals surface area contributed by atoms with Crippen molar-refractivity contribution in [2.75, 3.05) is 6.54 Å². The maximum Gasteiger partial charge on any atom is 2.00 e. The summed E-state index contributed by atoms with van der Waals surface area (Å²) in [6.45, 7) is 4.63. The van der Waals surface area contributed by atoms with E-state index in [4.69, 9.17) is 2.86 Å². The van der Waals surface area contributed by atoms with Crippen molar-refractivity contribution >= 4 is 19.5 Å². The van der Waals surface area contributed by atoms with Crippen LogP contribution in [0.5, 0.6) is 0 Å². The summed E-state index contributed by atoms with van der Waals surface area (Å²) >= 11 is 0. The van der Waals surface area contributed by atoms with E-state index in [2.05, 4.69) is 30.4 Å². The zero-order chi connectivity index (χ0) is 33.3. The van der Waals surface area contributed by atoms with E-state index in [-0.39, 0.29) is 25.2 Å². The van der Waals surface area contributed by atoms with Gasteiger partial charge in [0.25, 0.3) is 0 Å². The second-order valence-corrected chi connectivity index (χ2v) is 10.4. The zero-order valence-corrected chi connectivity index (χ0v) is 25.4. The normalized spacial score (nSPS) is 13.6. The SMILES string of the molecule is Cc1cccc(-c2cccc(C)n2)n1.F[P-](F)(F)(F)(F)F.O=C([O-])C1=NCCC1.[2H]O[2H].[Ru+2].c1ccc(-c2ccccn2)nc1. The molecule has 0 amide bonds. The molecule has 2 N–H and O–H groups in total. The third kappa shape index (κ3) is 19.2. The minimum Gasteiger partial charge on any atom is -0.544 e. The first kappa shape index (κ1) is 35.5. The van der Waals surface area contributed by atoms with E-state index < -0.39 is 13.8 Å². The quantitative estimate of drug-likeness (QED) is 0.136. The number of hydrogen-bond acceptors (Lipinski definition) is 7. The van der Waals surface area contributed by atoms with Crippen molar-refractivity contribution in [3.63, 3.8) is 0 Å². The summed E-state index contributed by atoms with van der Waals surface area (Å²) in [5.41, 5.74) is 8.72. The largest absolute Gasteiger partial charge is 2.00 e. The number of hydrogen-bond donors (Lipinski definition) is 0. The van der Waals surface area contributed by atoms with E-state index in [9.17, 15) is 35.1 Å². The smallest absolute Gasteiger partial charge is 0.544 e. The number of aliphatic carboxylic acids is 1. The molecule has 0 aliphatic carbocycles. The van der Waals surface area contributed by atoms with Crippen LogP contribution in [0.2, 0.25) is 0 Å². The molecule has 1 aliphatic rings. The molecule has 0 fully saturated rings. The van der Waals surface area contributed by atoms with Crippen molar-refractivity contribution in [3.05, 3.63) is 96.6 Å². The molecule has 1 aliphatic heterocycles. The summed E-state index contributed by atoms with van der Waals surface area (Å²) in [6, 6.07) is 23.5. The number of aryl methyl sites for hydroxylation is 2. The van der Waals surface area contributed by atoms with Crippen LogP contribution in [0.1, 0.15) is 24.2 Å². The van der Waals surface area contributed by atoms with Gasteiger partial charge in [-0.25, -0.2) is 0 Å². The van der Waals surface area contributed by atoms with Gasteiger partial charge >= 0.3 is 52.5 Å². The number of halogens is 6. The van der Waals surface area contributed by atoms with Gasteiger partial charge in [0.2, 0.25) is 2.86 Å². The van der Waals surface area contributed by atoms with Crippen LogP contribution in [-0.2, 0) is 24.3 Å². The van der Waals surface area contributed by atoms with Crippen LogP contribution < -0.4 is 5.11 Å². The van der Waals surface area contributed by atoms with Crippen LogP contribution in [0.25, 0.3) is 22.8 Å². The van der Waals surface area contributed by atoms with Gasteiger partial charge in [0.15, 0.2) is 0 Å². The van der Waals surface area contributed by atoms with Crippen molar-refractivity contribution in [2.24, 2.45) is 4.99 Å². The van der Waals surface area contributed by atoms with E-state index in [1.165, 1.54) is 0 Å². The molecular formula is C27H28F6N5O3PRu. The maximum absolute atomic E-state index is 10.7. The average molecular weight is 719 g/mol. The second-order valence-electron chi connectivity index (χ2n) is 8.44. The van der Waals surface area contributed by atoms with Crippen molar-refractivity contribution in [1.82, 2.24) is 19.9 Å². The van der Waals surface area contributed by atoms with Crippen LogP contribution in [-0.4, -0.2) is 46.5 Å². The van der Waals surface area contributed by atoms with E-state index in [0.717, 1.165) is 40.6 Å². The number of carboxylic acid groups (broad SMARTS) is 1. The van der Waals surface area contributed by atoms with Crippen LogP contribution in [0.4, 0.5) is 25.2 Å². The number of carboxylic acids is 1. The molecule has 234 valence electrons. The summed E-state index contributed by atoms with van der Waals surface area (Å²) in [5, 5.41) is 9.96. The molecule has 4 aromatic rings. The van der Waals surface area contributed by atoms with Crippen LogP contribution >= 0.6 is 7.81 Å². The van der Waals surface area contributed by atoms with Gasteiger partial charge < -0.3 is 15.4 Å². The Labute approximate surface area is 259 Å². The monoisotopic (exact) mass is 719 g/mol. The number of carbonyl (C=O) groups is 1. The first-order valence-corrected chi connectivity index (χ1v) is 14.0. The Morgan fingerprint density at radius 3 is 1.42 bits per heavy atom. The Morgan fingerprint density at radius 1 is 0.767 bits per heavy atom. The molecule has 43 heavy (non-hydrogen) atoms. The number of aliphatic imine (C=N–C) groups is 1. The Hall–Kier alpha value is -3.67. The zero-order valence-electron chi connectivity index (χ0n) is 24.7.